The van der Waals surface area contributed by atoms with E-state index in [2.05, 4.69) is 25.6 Å². The molecule has 0 bridgehead atoms. The number of hydrogen-bond acceptors (Lipinski definition) is 4. The van der Waals surface area contributed by atoms with E-state index in [1.165, 1.54) is 0 Å². The molecule has 2 aromatic rings. The van der Waals surface area contributed by atoms with Crippen LogP contribution in [0.3, 0.4) is 0 Å². The van der Waals surface area contributed by atoms with Gasteiger partial charge in [-0.2, -0.15) is 0 Å². The zero-order valence-corrected chi connectivity index (χ0v) is 14.3. The van der Waals surface area contributed by atoms with Crippen molar-refractivity contribution in [1.29, 1.82) is 0 Å². The van der Waals surface area contributed by atoms with Crippen molar-refractivity contribution in [1.82, 2.24) is 15.2 Å². The molecule has 118 valence electrons. The number of para-hydroxylation sites is 1. The topological polar surface area (TPSA) is 49.8 Å². The lowest BCUT2D eigenvalue weighted by Crippen LogP contribution is -2.38. The van der Waals surface area contributed by atoms with Crippen molar-refractivity contribution in [3.8, 4) is 5.75 Å². The Labute approximate surface area is 135 Å². The Morgan fingerprint density at radius 2 is 2.18 bits per heavy atom. The Hall–Kier alpha value is -2.08. The number of nitrogens with zero attached hydrogens (tertiary/aromatic N) is 3. The van der Waals surface area contributed by atoms with Gasteiger partial charge in [0.05, 0.1) is 24.4 Å². The number of aliphatic imine (C=N–C) groups is 1. The van der Waals surface area contributed by atoms with E-state index < -0.39 is 0 Å². The highest BCUT2D eigenvalue weighted by atomic mass is 32.1. The first-order valence-electron chi connectivity index (χ1n) is 7.08. The SMILES string of the molecule is CN=C(NCc1ccccc1OC)N(C)Cc1csc(C)n1. The number of aromatic nitrogens is 1. The minimum atomic E-state index is 0.664. The molecule has 1 heterocycles. The van der Waals surface area contributed by atoms with Gasteiger partial charge in [0.1, 0.15) is 5.75 Å². The van der Waals surface area contributed by atoms with Crippen molar-refractivity contribution in [3.63, 3.8) is 0 Å². The van der Waals surface area contributed by atoms with Crippen molar-refractivity contribution in [2.45, 2.75) is 20.0 Å². The van der Waals surface area contributed by atoms with Crippen LogP contribution >= 0.6 is 11.3 Å². The second kappa shape index (κ2) is 7.79. The molecule has 0 aliphatic heterocycles. The van der Waals surface area contributed by atoms with Crippen molar-refractivity contribution < 1.29 is 4.74 Å². The maximum absolute atomic E-state index is 5.37. The number of rotatable bonds is 5. The van der Waals surface area contributed by atoms with Crippen LogP contribution in [0.1, 0.15) is 16.3 Å². The van der Waals surface area contributed by atoms with Crippen molar-refractivity contribution in [2.24, 2.45) is 4.99 Å². The molecule has 0 fully saturated rings. The van der Waals surface area contributed by atoms with Gasteiger partial charge in [-0.15, -0.1) is 11.3 Å². The normalized spacial score (nSPS) is 11.4. The summed E-state index contributed by atoms with van der Waals surface area (Å²) in [5, 5.41) is 6.53. The molecular weight excluding hydrogens is 296 g/mol. The lowest BCUT2D eigenvalue weighted by Gasteiger charge is -2.21. The number of thiazole rings is 1. The van der Waals surface area contributed by atoms with Gasteiger partial charge >= 0.3 is 0 Å². The summed E-state index contributed by atoms with van der Waals surface area (Å²) < 4.78 is 5.37. The molecule has 0 radical (unpaired) electrons. The van der Waals surface area contributed by atoms with E-state index in [0.717, 1.165) is 34.5 Å². The van der Waals surface area contributed by atoms with Crippen LogP contribution in [0.5, 0.6) is 5.75 Å². The molecule has 2 rings (SSSR count). The summed E-state index contributed by atoms with van der Waals surface area (Å²) in [7, 11) is 5.48. The average Bonchev–Trinajstić information content (AvgIpc) is 2.93. The molecule has 0 spiro atoms. The molecule has 0 amide bonds. The number of benzene rings is 1. The van der Waals surface area contributed by atoms with Crippen LogP contribution in [0.4, 0.5) is 0 Å². The highest BCUT2D eigenvalue weighted by Crippen LogP contribution is 2.17. The van der Waals surface area contributed by atoms with E-state index in [0.29, 0.717) is 6.54 Å². The Morgan fingerprint density at radius 1 is 1.41 bits per heavy atom. The van der Waals surface area contributed by atoms with Crippen LogP contribution in [0, 0.1) is 6.92 Å². The van der Waals surface area contributed by atoms with E-state index in [1.54, 1.807) is 25.5 Å². The van der Waals surface area contributed by atoms with Crippen LogP contribution in [0.25, 0.3) is 0 Å². The Bertz CT molecular complexity index is 639. The maximum Gasteiger partial charge on any atom is 0.194 e. The van der Waals surface area contributed by atoms with E-state index in [4.69, 9.17) is 4.74 Å². The largest absolute Gasteiger partial charge is 0.496 e. The van der Waals surface area contributed by atoms with Gasteiger partial charge in [-0.25, -0.2) is 4.98 Å². The predicted octanol–water partition coefficient (Wildman–Crippen LogP) is 2.67. The molecule has 1 aromatic carbocycles. The van der Waals surface area contributed by atoms with Gasteiger partial charge < -0.3 is 15.0 Å². The molecule has 6 heteroatoms. The lowest BCUT2D eigenvalue weighted by molar-refractivity contribution is 0.408. The van der Waals surface area contributed by atoms with Crippen LogP contribution in [0.15, 0.2) is 34.6 Å². The van der Waals surface area contributed by atoms with Crippen LogP contribution in [0.2, 0.25) is 0 Å². The fraction of sp³-hybridized carbons (Fsp3) is 0.375. The first-order valence-corrected chi connectivity index (χ1v) is 7.96. The Balaban J connectivity index is 1.97. The number of ether oxygens (including phenoxy) is 1. The summed E-state index contributed by atoms with van der Waals surface area (Å²) in [5.41, 5.74) is 2.16. The minimum Gasteiger partial charge on any atom is -0.496 e. The predicted molar refractivity (Wildman–Crippen MR) is 91.5 cm³/mol. The number of aryl methyl sites for hydroxylation is 1. The molecule has 1 N–H and O–H groups in total. The summed E-state index contributed by atoms with van der Waals surface area (Å²) in [5.74, 6) is 1.71. The fourth-order valence-corrected chi connectivity index (χ4v) is 2.81. The summed E-state index contributed by atoms with van der Waals surface area (Å²) in [6.45, 7) is 3.41. The maximum atomic E-state index is 5.37. The monoisotopic (exact) mass is 318 g/mol. The zero-order chi connectivity index (χ0) is 15.9. The third kappa shape index (κ3) is 4.21. The van der Waals surface area contributed by atoms with Crippen molar-refractivity contribution in [3.05, 3.63) is 45.9 Å². The Kier molecular flexibility index (Phi) is 5.77. The fourth-order valence-electron chi connectivity index (χ4n) is 2.21. The first kappa shape index (κ1) is 16.3. The van der Waals surface area contributed by atoms with Gasteiger partial charge in [0, 0.05) is 31.6 Å². The van der Waals surface area contributed by atoms with E-state index in [1.807, 2.05) is 38.2 Å². The van der Waals surface area contributed by atoms with Gasteiger partial charge in [0.15, 0.2) is 5.96 Å². The second-order valence-electron chi connectivity index (χ2n) is 4.93. The van der Waals surface area contributed by atoms with E-state index >= 15 is 0 Å². The van der Waals surface area contributed by atoms with Gasteiger partial charge in [-0.05, 0) is 13.0 Å². The molecule has 1 aromatic heterocycles. The zero-order valence-electron chi connectivity index (χ0n) is 13.5. The summed E-state index contributed by atoms with van der Waals surface area (Å²) in [6.07, 6.45) is 0. The molecule has 22 heavy (non-hydrogen) atoms. The number of nitrogens with one attached hydrogen (secondary N) is 1. The highest BCUT2D eigenvalue weighted by molar-refractivity contribution is 7.09. The van der Waals surface area contributed by atoms with Crippen LogP contribution < -0.4 is 10.1 Å². The van der Waals surface area contributed by atoms with Gasteiger partial charge in [-0.3, -0.25) is 4.99 Å². The molecular formula is C16H22N4OS. The van der Waals surface area contributed by atoms with Crippen molar-refractivity contribution in [2.75, 3.05) is 21.2 Å². The molecule has 0 atom stereocenters. The Morgan fingerprint density at radius 3 is 2.82 bits per heavy atom. The lowest BCUT2D eigenvalue weighted by atomic mass is 10.2. The van der Waals surface area contributed by atoms with E-state index in [-0.39, 0.29) is 0 Å². The molecule has 0 unspecified atom stereocenters. The van der Waals surface area contributed by atoms with Crippen LogP contribution in [-0.4, -0.2) is 37.0 Å². The molecule has 0 saturated heterocycles. The number of methoxy groups -OCH3 is 1. The minimum absolute atomic E-state index is 0.664. The van der Waals surface area contributed by atoms with E-state index in [9.17, 15) is 0 Å². The average molecular weight is 318 g/mol. The molecule has 0 aliphatic rings. The molecule has 0 saturated carbocycles. The number of guanidine groups is 1. The number of hydrogen-bond donors (Lipinski definition) is 1. The smallest absolute Gasteiger partial charge is 0.194 e. The third-order valence-electron chi connectivity index (χ3n) is 3.27. The summed E-state index contributed by atoms with van der Waals surface area (Å²) in [6, 6.07) is 7.97. The standard InChI is InChI=1S/C16H22N4OS/c1-12-19-14(11-22-12)10-20(3)16(17-2)18-9-13-7-5-6-8-15(13)21-4/h5-8,11H,9-10H2,1-4H3,(H,17,18). The molecule has 5 nitrogen and oxygen atoms in total. The first-order chi connectivity index (χ1) is 10.6. The van der Waals surface area contributed by atoms with Gasteiger partial charge in [-0.1, -0.05) is 18.2 Å². The molecule has 0 aliphatic carbocycles. The van der Waals surface area contributed by atoms with Gasteiger partial charge in [0.25, 0.3) is 0 Å². The highest BCUT2D eigenvalue weighted by Gasteiger charge is 2.09. The summed E-state index contributed by atoms with van der Waals surface area (Å²) in [4.78, 5) is 10.9. The summed E-state index contributed by atoms with van der Waals surface area (Å²) >= 11 is 1.67. The van der Waals surface area contributed by atoms with Crippen LogP contribution in [-0.2, 0) is 13.1 Å². The third-order valence-corrected chi connectivity index (χ3v) is 4.09. The van der Waals surface area contributed by atoms with Gasteiger partial charge in [0.2, 0.25) is 0 Å². The second-order valence-corrected chi connectivity index (χ2v) is 5.99. The van der Waals surface area contributed by atoms with Crippen molar-refractivity contribution >= 4 is 17.3 Å². The quantitative estimate of drug-likeness (QED) is 0.680.